The van der Waals surface area contributed by atoms with Crippen LogP contribution in [-0.2, 0) is 4.79 Å². The molecule has 2 nitrogen and oxygen atoms in total. The molecule has 0 radical (unpaired) electrons. The van der Waals surface area contributed by atoms with Crippen LogP contribution < -0.4 is 0 Å². The van der Waals surface area contributed by atoms with E-state index in [1.807, 2.05) is 37.3 Å². The first-order valence-corrected chi connectivity index (χ1v) is 6.14. The molecule has 2 rings (SSSR count). The van der Waals surface area contributed by atoms with Gasteiger partial charge in [-0.15, -0.1) is 0 Å². The van der Waals surface area contributed by atoms with Crippen molar-refractivity contribution in [3.8, 4) is 11.1 Å². The van der Waals surface area contributed by atoms with E-state index in [1.54, 1.807) is 6.07 Å². The first kappa shape index (κ1) is 13.3. The minimum absolute atomic E-state index is 0.0639. The lowest BCUT2D eigenvalue weighted by Gasteiger charge is -2.11. The normalized spacial score (nSPS) is 12.1. The Morgan fingerprint density at radius 3 is 2.42 bits per heavy atom. The SMILES string of the molecule is CC(CC(=O)O)c1cccc(-c2cccc(F)c2)c1. The Balaban J connectivity index is 2.31. The van der Waals surface area contributed by atoms with E-state index >= 15 is 0 Å². The zero-order chi connectivity index (χ0) is 13.8. The fourth-order valence-corrected chi connectivity index (χ4v) is 2.07. The molecule has 0 heterocycles. The molecule has 2 aromatic rings. The van der Waals surface area contributed by atoms with Gasteiger partial charge in [-0.2, -0.15) is 0 Å². The number of aliphatic carboxylic acids is 1. The maximum absolute atomic E-state index is 13.2. The molecule has 0 saturated heterocycles. The highest BCUT2D eigenvalue weighted by Gasteiger charge is 2.11. The topological polar surface area (TPSA) is 37.3 Å². The van der Waals surface area contributed by atoms with Crippen LogP contribution in [0.1, 0.15) is 24.8 Å². The average Bonchev–Trinajstić information content (AvgIpc) is 2.38. The second-order valence-corrected chi connectivity index (χ2v) is 4.63. The van der Waals surface area contributed by atoms with E-state index in [4.69, 9.17) is 5.11 Å². The summed E-state index contributed by atoms with van der Waals surface area (Å²) in [6, 6.07) is 14.0. The monoisotopic (exact) mass is 258 g/mol. The Kier molecular flexibility index (Phi) is 3.95. The summed E-state index contributed by atoms with van der Waals surface area (Å²) in [5, 5.41) is 8.82. The van der Waals surface area contributed by atoms with E-state index in [0.29, 0.717) is 0 Å². The van der Waals surface area contributed by atoms with Crippen LogP contribution in [0.3, 0.4) is 0 Å². The maximum Gasteiger partial charge on any atom is 0.303 e. The number of carboxylic acid groups (broad SMARTS) is 1. The zero-order valence-electron chi connectivity index (χ0n) is 10.6. The molecular formula is C16H15FO2. The Labute approximate surface area is 111 Å². The molecule has 0 saturated carbocycles. The van der Waals surface area contributed by atoms with Crippen LogP contribution in [0.5, 0.6) is 0 Å². The molecule has 0 fully saturated rings. The summed E-state index contributed by atoms with van der Waals surface area (Å²) in [5.74, 6) is -1.16. The van der Waals surface area contributed by atoms with Crippen molar-refractivity contribution in [1.29, 1.82) is 0 Å². The molecule has 1 atom stereocenters. The van der Waals surface area contributed by atoms with Gasteiger partial charge in [-0.3, -0.25) is 4.79 Å². The highest BCUT2D eigenvalue weighted by molar-refractivity contribution is 5.69. The largest absolute Gasteiger partial charge is 0.481 e. The lowest BCUT2D eigenvalue weighted by molar-refractivity contribution is -0.137. The van der Waals surface area contributed by atoms with E-state index < -0.39 is 5.97 Å². The smallest absolute Gasteiger partial charge is 0.303 e. The molecule has 0 bridgehead atoms. The fraction of sp³-hybridized carbons (Fsp3) is 0.188. The molecule has 1 N–H and O–H groups in total. The lowest BCUT2D eigenvalue weighted by Crippen LogP contribution is -2.02. The van der Waals surface area contributed by atoms with Crippen molar-refractivity contribution in [2.24, 2.45) is 0 Å². The summed E-state index contributed by atoms with van der Waals surface area (Å²) in [7, 11) is 0. The highest BCUT2D eigenvalue weighted by atomic mass is 19.1. The second-order valence-electron chi connectivity index (χ2n) is 4.63. The van der Waals surface area contributed by atoms with Gasteiger partial charge in [0.25, 0.3) is 0 Å². The molecule has 0 aliphatic heterocycles. The van der Waals surface area contributed by atoms with Crippen LogP contribution in [0.25, 0.3) is 11.1 Å². The standard InChI is InChI=1S/C16H15FO2/c1-11(8-16(18)19)12-4-2-5-13(9-12)14-6-3-7-15(17)10-14/h2-7,9-11H,8H2,1H3,(H,18,19). The van der Waals surface area contributed by atoms with Crippen LogP contribution in [0.4, 0.5) is 4.39 Å². The summed E-state index contributed by atoms with van der Waals surface area (Å²) in [4.78, 5) is 10.7. The average molecular weight is 258 g/mol. The molecule has 3 heteroatoms. The van der Waals surface area contributed by atoms with Crippen LogP contribution >= 0.6 is 0 Å². The van der Waals surface area contributed by atoms with Crippen molar-refractivity contribution in [2.45, 2.75) is 19.3 Å². The molecule has 0 spiro atoms. The quantitative estimate of drug-likeness (QED) is 0.897. The predicted molar refractivity (Wildman–Crippen MR) is 72.5 cm³/mol. The lowest BCUT2D eigenvalue weighted by atomic mass is 9.94. The van der Waals surface area contributed by atoms with Gasteiger partial charge >= 0.3 is 5.97 Å². The van der Waals surface area contributed by atoms with E-state index in [-0.39, 0.29) is 18.2 Å². The van der Waals surface area contributed by atoms with Crippen molar-refractivity contribution >= 4 is 5.97 Å². The van der Waals surface area contributed by atoms with Crippen molar-refractivity contribution in [1.82, 2.24) is 0 Å². The van der Waals surface area contributed by atoms with Crippen LogP contribution in [0.2, 0.25) is 0 Å². The number of carboxylic acids is 1. The number of carbonyl (C=O) groups is 1. The molecule has 98 valence electrons. The summed E-state index contributed by atoms with van der Waals surface area (Å²) < 4.78 is 13.2. The second kappa shape index (κ2) is 5.65. The predicted octanol–water partition coefficient (Wildman–Crippen LogP) is 4.07. The molecule has 19 heavy (non-hydrogen) atoms. The van der Waals surface area contributed by atoms with Crippen LogP contribution in [0.15, 0.2) is 48.5 Å². The molecule has 0 amide bonds. The van der Waals surface area contributed by atoms with Gasteiger partial charge in [-0.1, -0.05) is 43.3 Å². The maximum atomic E-state index is 13.2. The van der Waals surface area contributed by atoms with Gasteiger partial charge in [0.15, 0.2) is 0 Å². The van der Waals surface area contributed by atoms with E-state index in [0.717, 1.165) is 16.7 Å². The Morgan fingerprint density at radius 2 is 1.79 bits per heavy atom. The van der Waals surface area contributed by atoms with Gasteiger partial charge in [-0.05, 0) is 34.7 Å². The third-order valence-electron chi connectivity index (χ3n) is 3.09. The number of benzene rings is 2. The van der Waals surface area contributed by atoms with Crippen molar-refractivity contribution in [3.05, 3.63) is 59.9 Å². The summed E-state index contributed by atoms with van der Waals surface area (Å²) in [5.41, 5.74) is 2.64. The molecule has 1 unspecified atom stereocenters. The minimum Gasteiger partial charge on any atom is -0.481 e. The van der Waals surface area contributed by atoms with Crippen molar-refractivity contribution < 1.29 is 14.3 Å². The van der Waals surface area contributed by atoms with Gasteiger partial charge in [0.05, 0.1) is 6.42 Å². The first-order chi connectivity index (χ1) is 9.06. The summed E-state index contributed by atoms with van der Waals surface area (Å²) in [6.45, 7) is 1.87. The number of hydrogen-bond donors (Lipinski definition) is 1. The number of rotatable bonds is 4. The summed E-state index contributed by atoms with van der Waals surface area (Å²) in [6.07, 6.45) is 0.0899. The third kappa shape index (κ3) is 3.41. The van der Waals surface area contributed by atoms with E-state index in [1.165, 1.54) is 12.1 Å². The van der Waals surface area contributed by atoms with Gasteiger partial charge < -0.3 is 5.11 Å². The first-order valence-electron chi connectivity index (χ1n) is 6.14. The Morgan fingerprint density at radius 1 is 1.16 bits per heavy atom. The Hall–Kier alpha value is -2.16. The van der Waals surface area contributed by atoms with Gasteiger partial charge in [0.2, 0.25) is 0 Å². The van der Waals surface area contributed by atoms with Crippen LogP contribution in [0, 0.1) is 5.82 Å². The fourth-order valence-electron chi connectivity index (χ4n) is 2.07. The molecule has 2 aromatic carbocycles. The molecular weight excluding hydrogens is 243 g/mol. The van der Waals surface area contributed by atoms with Gasteiger partial charge in [0.1, 0.15) is 5.82 Å². The van der Waals surface area contributed by atoms with Gasteiger partial charge in [-0.25, -0.2) is 4.39 Å². The van der Waals surface area contributed by atoms with E-state index in [9.17, 15) is 9.18 Å². The van der Waals surface area contributed by atoms with Gasteiger partial charge in [0, 0.05) is 0 Å². The zero-order valence-corrected chi connectivity index (χ0v) is 10.6. The van der Waals surface area contributed by atoms with Crippen molar-refractivity contribution in [2.75, 3.05) is 0 Å². The Bertz CT molecular complexity index is 593. The number of hydrogen-bond acceptors (Lipinski definition) is 1. The molecule has 0 aromatic heterocycles. The number of halogens is 1. The van der Waals surface area contributed by atoms with Crippen molar-refractivity contribution in [3.63, 3.8) is 0 Å². The van der Waals surface area contributed by atoms with E-state index in [2.05, 4.69) is 0 Å². The minimum atomic E-state index is -0.816. The third-order valence-corrected chi connectivity index (χ3v) is 3.09. The molecule has 0 aliphatic rings. The summed E-state index contributed by atoms with van der Waals surface area (Å²) >= 11 is 0. The molecule has 0 aliphatic carbocycles. The van der Waals surface area contributed by atoms with Crippen LogP contribution in [-0.4, -0.2) is 11.1 Å². The highest BCUT2D eigenvalue weighted by Crippen LogP contribution is 2.26.